The zero-order chi connectivity index (χ0) is 14.2. The van der Waals surface area contributed by atoms with Crippen LogP contribution in [0.2, 0.25) is 5.02 Å². The monoisotopic (exact) mass is 284 g/mol. The Morgan fingerprint density at radius 3 is 2.79 bits per heavy atom. The molecule has 1 fully saturated rings. The van der Waals surface area contributed by atoms with Gasteiger partial charge in [-0.2, -0.15) is 0 Å². The smallest absolute Gasteiger partial charge is 0.337 e. The van der Waals surface area contributed by atoms with E-state index in [0.717, 1.165) is 6.42 Å². The molecule has 1 aliphatic rings. The van der Waals surface area contributed by atoms with Crippen molar-refractivity contribution in [2.45, 2.75) is 25.5 Å². The van der Waals surface area contributed by atoms with Crippen molar-refractivity contribution in [1.29, 1.82) is 0 Å². The predicted molar refractivity (Wildman–Crippen MR) is 75.0 cm³/mol. The first-order chi connectivity index (χ1) is 8.91. The van der Waals surface area contributed by atoms with Gasteiger partial charge in [0, 0.05) is 19.3 Å². The molecule has 1 aliphatic heterocycles. The van der Waals surface area contributed by atoms with E-state index < -0.39 is 5.97 Å². The summed E-state index contributed by atoms with van der Waals surface area (Å²) in [7, 11) is 1.83. The van der Waals surface area contributed by atoms with E-state index in [9.17, 15) is 9.90 Å². The average Bonchev–Trinajstić information content (AvgIpc) is 2.73. The maximum absolute atomic E-state index is 11.4. The van der Waals surface area contributed by atoms with Gasteiger partial charge in [-0.05, 0) is 25.5 Å². The van der Waals surface area contributed by atoms with Crippen LogP contribution in [0.25, 0.3) is 0 Å². The van der Waals surface area contributed by atoms with E-state index in [1.165, 1.54) is 6.07 Å². The van der Waals surface area contributed by atoms with E-state index in [-0.39, 0.29) is 17.7 Å². The number of hydrogen-bond donors (Lipinski definition) is 2. The number of rotatable bonds is 3. The van der Waals surface area contributed by atoms with Crippen molar-refractivity contribution in [2.24, 2.45) is 0 Å². The molecule has 0 amide bonds. The van der Waals surface area contributed by atoms with Gasteiger partial charge < -0.3 is 20.5 Å². The van der Waals surface area contributed by atoms with E-state index >= 15 is 0 Å². The van der Waals surface area contributed by atoms with Crippen LogP contribution in [0.3, 0.4) is 0 Å². The van der Waals surface area contributed by atoms with Crippen molar-refractivity contribution in [1.82, 2.24) is 0 Å². The molecule has 2 rings (SSSR count). The highest BCUT2D eigenvalue weighted by Crippen LogP contribution is 2.35. The number of carbonyl (C=O) groups is 1. The molecular weight excluding hydrogens is 268 g/mol. The maximum Gasteiger partial charge on any atom is 0.337 e. The molecule has 1 saturated heterocycles. The summed E-state index contributed by atoms with van der Waals surface area (Å²) < 4.78 is 5.52. The summed E-state index contributed by atoms with van der Waals surface area (Å²) >= 11 is 6.17. The summed E-state index contributed by atoms with van der Waals surface area (Å²) in [5.41, 5.74) is 6.61. The number of carboxylic acids is 1. The third-order valence-electron chi connectivity index (χ3n) is 3.50. The van der Waals surface area contributed by atoms with Crippen molar-refractivity contribution < 1.29 is 14.6 Å². The highest BCUT2D eigenvalue weighted by Gasteiger charge is 2.31. The number of likely N-dealkylation sites (N-methyl/N-ethyl adjacent to an activating group) is 1. The lowest BCUT2D eigenvalue weighted by Gasteiger charge is -2.30. The Kier molecular flexibility index (Phi) is 3.87. The number of nitrogen functional groups attached to an aromatic ring is 1. The second kappa shape index (κ2) is 5.27. The summed E-state index contributed by atoms with van der Waals surface area (Å²) in [5, 5.41) is 9.65. The molecule has 2 atom stereocenters. The van der Waals surface area contributed by atoms with Crippen LogP contribution in [-0.4, -0.2) is 36.9 Å². The number of benzene rings is 1. The zero-order valence-corrected chi connectivity index (χ0v) is 11.6. The topological polar surface area (TPSA) is 75.8 Å². The second-order valence-electron chi connectivity index (χ2n) is 4.75. The summed E-state index contributed by atoms with van der Waals surface area (Å²) in [6.07, 6.45) is 0.887. The van der Waals surface area contributed by atoms with Crippen LogP contribution in [0.5, 0.6) is 0 Å². The van der Waals surface area contributed by atoms with Crippen molar-refractivity contribution in [3.8, 4) is 0 Å². The van der Waals surface area contributed by atoms with Crippen LogP contribution < -0.4 is 10.6 Å². The van der Waals surface area contributed by atoms with Crippen LogP contribution in [-0.2, 0) is 4.74 Å². The lowest BCUT2D eigenvalue weighted by molar-refractivity contribution is 0.0697. The zero-order valence-electron chi connectivity index (χ0n) is 10.9. The molecular formula is C13H17ClN2O3. The molecule has 1 aromatic rings. The molecule has 0 radical (unpaired) electrons. The summed E-state index contributed by atoms with van der Waals surface area (Å²) in [6.45, 7) is 2.64. The van der Waals surface area contributed by atoms with Gasteiger partial charge in [0.25, 0.3) is 0 Å². The normalized spacial score (nSPS) is 22.5. The van der Waals surface area contributed by atoms with Crippen LogP contribution in [0, 0.1) is 0 Å². The number of aromatic carboxylic acids is 1. The first-order valence-electron chi connectivity index (χ1n) is 6.08. The standard InChI is InChI=1S/C13H17ClN2O3/c1-7-11(3-4-19-7)16(2)12-9(13(17)18)5-8(15)6-10(12)14/h5-7,11H,3-4,15H2,1-2H3,(H,17,18). The quantitative estimate of drug-likeness (QED) is 0.833. The fourth-order valence-corrected chi connectivity index (χ4v) is 2.90. The molecule has 1 heterocycles. The molecule has 0 saturated carbocycles. The van der Waals surface area contributed by atoms with Gasteiger partial charge in [0.2, 0.25) is 0 Å². The van der Waals surface area contributed by atoms with E-state index in [0.29, 0.717) is 23.0 Å². The molecule has 5 nitrogen and oxygen atoms in total. The van der Waals surface area contributed by atoms with Crippen molar-refractivity contribution in [3.63, 3.8) is 0 Å². The van der Waals surface area contributed by atoms with Crippen LogP contribution in [0.4, 0.5) is 11.4 Å². The Hall–Kier alpha value is -1.46. The first kappa shape index (κ1) is 14.0. The molecule has 0 bridgehead atoms. The molecule has 3 N–H and O–H groups in total. The minimum Gasteiger partial charge on any atom is -0.478 e. The van der Waals surface area contributed by atoms with E-state index in [2.05, 4.69) is 0 Å². The summed E-state index contributed by atoms with van der Waals surface area (Å²) in [5.74, 6) is -1.04. The number of halogens is 1. The minimum atomic E-state index is -1.04. The number of hydrogen-bond acceptors (Lipinski definition) is 4. The van der Waals surface area contributed by atoms with Gasteiger partial charge in [-0.15, -0.1) is 0 Å². The highest BCUT2D eigenvalue weighted by atomic mass is 35.5. The fourth-order valence-electron chi connectivity index (χ4n) is 2.54. The van der Waals surface area contributed by atoms with Crippen LogP contribution in [0.15, 0.2) is 12.1 Å². The van der Waals surface area contributed by atoms with Gasteiger partial charge >= 0.3 is 5.97 Å². The summed E-state index contributed by atoms with van der Waals surface area (Å²) in [4.78, 5) is 13.2. The highest BCUT2D eigenvalue weighted by molar-refractivity contribution is 6.34. The van der Waals surface area contributed by atoms with Crippen LogP contribution >= 0.6 is 11.6 Å². The van der Waals surface area contributed by atoms with Crippen molar-refractivity contribution in [2.75, 3.05) is 24.3 Å². The van der Waals surface area contributed by atoms with Gasteiger partial charge in [-0.1, -0.05) is 11.6 Å². The molecule has 2 unspecified atom stereocenters. The molecule has 104 valence electrons. The Morgan fingerprint density at radius 2 is 2.26 bits per heavy atom. The number of nitrogens with zero attached hydrogens (tertiary/aromatic N) is 1. The Balaban J connectivity index is 2.45. The number of ether oxygens (including phenoxy) is 1. The van der Waals surface area contributed by atoms with Gasteiger partial charge in [0.15, 0.2) is 0 Å². The Morgan fingerprint density at radius 1 is 1.58 bits per heavy atom. The lowest BCUT2D eigenvalue weighted by Crippen LogP contribution is -2.37. The second-order valence-corrected chi connectivity index (χ2v) is 5.15. The minimum absolute atomic E-state index is 0.0419. The van der Waals surface area contributed by atoms with Gasteiger partial charge in [0.1, 0.15) is 0 Å². The summed E-state index contributed by atoms with van der Waals surface area (Å²) in [6, 6.07) is 3.11. The third kappa shape index (κ3) is 2.62. The molecule has 0 spiro atoms. The van der Waals surface area contributed by atoms with Gasteiger partial charge in [-0.25, -0.2) is 4.79 Å². The molecule has 0 aromatic heterocycles. The molecule has 1 aromatic carbocycles. The average molecular weight is 285 g/mol. The predicted octanol–water partition coefficient (Wildman–Crippen LogP) is 2.23. The first-order valence-corrected chi connectivity index (χ1v) is 6.46. The number of anilines is 2. The maximum atomic E-state index is 11.4. The lowest BCUT2D eigenvalue weighted by atomic mass is 10.1. The SMILES string of the molecule is CC1OCCC1N(C)c1c(Cl)cc(N)cc1C(=O)O. The van der Waals surface area contributed by atoms with E-state index in [1.54, 1.807) is 6.07 Å². The van der Waals surface area contributed by atoms with Gasteiger partial charge in [-0.3, -0.25) is 0 Å². The van der Waals surface area contributed by atoms with E-state index in [1.807, 2.05) is 18.9 Å². The van der Waals surface area contributed by atoms with Gasteiger partial charge in [0.05, 0.1) is 28.4 Å². The third-order valence-corrected chi connectivity index (χ3v) is 3.79. The largest absolute Gasteiger partial charge is 0.478 e. The van der Waals surface area contributed by atoms with Crippen molar-refractivity contribution in [3.05, 3.63) is 22.7 Å². The molecule has 19 heavy (non-hydrogen) atoms. The Bertz CT molecular complexity index is 507. The fraction of sp³-hybridized carbons (Fsp3) is 0.462. The number of carboxylic acid groups (broad SMARTS) is 1. The Labute approximate surface area is 116 Å². The number of nitrogens with two attached hydrogens (primary N) is 1. The molecule has 6 heteroatoms. The van der Waals surface area contributed by atoms with E-state index in [4.69, 9.17) is 22.1 Å². The van der Waals surface area contributed by atoms with Crippen molar-refractivity contribution >= 4 is 28.9 Å². The molecule has 0 aliphatic carbocycles. The van der Waals surface area contributed by atoms with Crippen LogP contribution in [0.1, 0.15) is 23.7 Å².